The quantitative estimate of drug-likeness (QED) is 0.315. The van der Waals surface area contributed by atoms with Crippen molar-refractivity contribution in [2.75, 3.05) is 0 Å². The maximum Gasteiger partial charge on any atom is 0.338 e. The minimum atomic E-state index is -0.771. The fraction of sp³-hybridized carbons (Fsp3) is 0.464. The largest absolute Gasteiger partial charge is 0.458 e. The molecule has 2 aromatic carbocycles. The van der Waals surface area contributed by atoms with Crippen molar-refractivity contribution in [2.24, 2.45) is 11.8 Å². The summed E-state index contributed by atoms with van der Waals surface area (Å²) >= 11 is 0. The average molecular weight is 451 g/mol. The lowest BCUT2D eigenvalue weighted by atomic mass is 9.91. The van der Waals surface area contributed by atoms with Crippen LogP contribution in [-0.4, -0.2) is 40.8 Å². The van der Waals surface area contributed by atoms with Crippen molar-refractivity contribution in [3.8, 4) is 11.1 Å². The van der Waals surface area contributed by atoms with E-state index in [1.807, 2.05) is 54.6 Å². The Morgan fingerprint density at radius 3 is 2.55 bits per heavy atom. The summed E-state index contributed by atoms with van der Waals surface area (Å²) in [5, 5.41) is 20.3. The molecule has 2 N–H and O–H groups in total. The summed E-state index contributed by atoms with van der Waals surface area (Å²) < 4.78 is 11.6. The first kappa shape index (κ1) is 23.7. The molecule has 176 valence electrons. The molecule has 0 radical (unpaired) electrons. The molecule has 1 heterocycles. The van der Waals surface area contributed by atoms with Gasteiger partial charge in [0.1, 0.15) is 6.10 Å². The second-order valence-corrected chi connectivity index (χ2v) is 9.18. The van der Waals surface area contributed by atoms with Crippen LogP contribution in [0.15, 0.2) is 66.7 Å². The number of fused-ring (bicyclic) bond motifs is 1. The summed E-state index contributed by atoms with van der Waals surface area (Å²) in [5.74, 6) is -0.361. The van der Waals surface area contributed by atoms with Crippen molar-refractivity contribution in [2.45, 2.75) is 70.1 Å². The minimum absolute atomic E-state index is 0.0809. The fourth-order valence-corrected chi connectivity index (χ4v) is 5.02. The van der Waals surface area contributed by atoms with Gasteiger partial charge in [-0.2, -0.15) is 0 Å². The Morgan fingerprint density at radius 2 is 1.82 bits per heavy atom. The number of carbonyl (C=O) groups excluding carboxylic acids is 1. The molecule has 0 amide bonds. The molecule has 2 aliphatic rings. The van der Waals surface area contributed by atoms with E-state index in [1.54, 1.807) is 12.1 Å². The summed E-state index contributed by atoms with van der Waals surface area (Å²) in [5.41, 5.74) is 2.65. The van der Waals surface area contributed by atoms with Crippen LogP contribution >= 0.6 is 0 Å². The number of rotatable bonds is 9. The molecule has 1 aliphatic carbocycles. The lowest BCUT2D eigenvalue weighted by molar-refractivity contribution is -0.0955. The van der Waals surface area contributed by atoms with Crippen LogP contribution in [0.5, 0.6) is 0 Å². The molecule has 0 aromatic heterocycles. The van der Waals surface area contributed by atoms with Gasteiger partial charge in [0.05, 0.1) is 17.8 Å². The fourth-order valence-electron chi connectivity index (χ4n) is 5.02. The Kier molecular flexibility index (Phi) is 7.97. The molecule has 1 saturated carbocycles. The highest BCUT2D eigenvalue weighted by atomic mass is 16.6. The lowest BCUT2D eigenvalue weighted by Crippen LogP contribution is -2.25. The number of aliphatic hydroxyl groups is 2. The Morgan fingerprint density at radius 1 is 1.09 bits per heavy atom. The first-order valence-electron chi connectivity index (χ1n) is 12.1. The van der Waals surface area contributed by atoms with Crippen molar-refractivity contribution in [1.82, 2.24) is 0 Å². The number of unbranched alkanes of at least 4 members (excludes halogenated alkanes) is 2. The molecular formula is C28H34O5. The maximum absolute atomic E-state index is 12.9. The standard InChI is InChI=1S/C28H34O5/c1-2-3-5-10-22(29)15-16-23-24-17-27(30)32-26(24)18-25(23)33-28(31)21-13-11-20(12-14-21)19-8-6-4-7-9-19/h4,6-9,11-16,22-27,29-30H,2-3,5,10,17-18H2,1H3/b16-15+. The molecule has 6 unspecified atom stereocenters. The Balaban J connectivity index is 1.42. The van der Waals surface area contributed by atoms with Gasteiger partial charge in [-0.25, -0.2) is 4.79 Å². The molecule has 5 heteroatoms. The van der Waals surface area contributed by atoms with Gasteiger partial charge in [0.25, 0.3) is 0 Å². The third-order valence-corrected chi connectivity index (χ3v) is 6.82. The summed E-state index contributed by atoms with van der Waals surface area (Å²) in [7, 11) is 0. The van der Waals surface area contributed by atoms with Gasteiger partial charge >= 0.3 is 5.97 Å². The van der Waals surface area contributed by atoms with Crippen LogP contribution in [0.4, 0.5) is 0 Å². The topological polar surface area (TPSA) is 76.0 Å². The molecule has 2 aromatic rings. The van der Waals surface area contributed by atoms with E-state index >= 15 is 0 Å². The Hall–Kier alpha value is -2.47. The van der Waals surface area contributed by atoms with E-state index in [-0.39, 0.29) is 30.0 Å². The normalized spacial score (nSPS) is 27.5. The summed E-state index contributed by atoms with van der Waals surface area (Å²) in [6, 6.07) is 17.5. The highest BCUT2D eigenvalue weighted by molar-refractivity contribution is 5.90. The Labute approximate surface area is 196 Å². The van der Waals surface area contributed by atoms with Crippen LogP contribution in [0, 0.1) is 11.8 Å². The van der Waals surface area contributed by atoms with Crippen molar-refractivity contribution in [1.29, 1.82) is 0 Å². The van der Waals surface area contributed by atoms with Crippen LogP contribution in [0.3, 0.4) is 0 Å². The molecule has 6 atom stereocenters. The number of benzene rings is 2. The van der Waals surface area contributed by atoms with Crippen LogP contribution in [0.25, 0.3) is 11.1 Å². The first-order chi connectivity index (χ1) is 16.0. The predicted octanol–water partition coefficient (Wildman–Crippen LogP) is 5.12. The van der Waals surface area contributed by atoms with Crippen LogP contribution in [0.2, 0.25) is 0 Å². The van der Waals surface area contributed by atoms with Gasteiger partial charge in [-0.05, 0) is 35.6 Å². The van der Waals surface area contributed by atoms with Gasteiger partial charge < -0.3 is 19.7 Å². The molecule has 1 aliphatic heterocycles. The molecule has 5 nitrogen and oxygen atoms in total. The summed E-state index contributed by atoms with van der Waals surface area (Å²) in [6.45, 7) is 2.14. The highest BCUT2D eigenvalue weighted by Gasteiger charge is 2.50. The van der Waals surface area contributed by atoms with E-state index in [0.29, 0.717) is 18.4 Å². The second-order valence-electron chi connectivity index (χ2n) is 9.18. The van der Waals surface area contributed by atoms with Gasteiger partial charge in [0.15, 0.2) is 6.29 Å². The highest BCUT2D eigenvalue weighted by Crippen LogP contribution is 2.45. The van der Waals surface area contributed by atoms with E-state index in [4.69, 9.17) is 9.47 Å². The van der Waals surface area contributed by atoms with Crippen LogP contribution < -0.4 is 0 Å². The number of hydrogen-bond acceptors (Lipinski definition) is 5. The number of hydrogen-bond donors (Lipinski definition) is 2. The molecule has 4 rings (SSSR count). The summed E-state index contributed by atoms with van der Waals surface area (Å²) in [4.78, 5) is 12.9. The van der Waals surface area contributed by atoms with E-state index in [9.17, 15) is 15.0 Å². The van der Waals surface area contributed by atoms with Gasteiger partial charge in [-0.3, -0.25) is 0 Å². The average Bonchev–Trinajstić information content (AvgIpc) is 3.33. The van der Waals surface area contributed by atoms with Gasteiger partial charge in [0, 0.05) is 18.8 Å². The van der Waals surface area contributed by atoms with Crippen molar-refractivity contribution in [3.63, 3.8) is 0 Å². The van der Waals surface area contributed by atoms with Crippen molar-refractivity contribution < 1.29 is 24.5 Å². The van der Waals surface area contributed by atoms with Gasteiger partial charge in [0.2, 0.25) is 0 Å². The zero-order valence-electron chi connectivity index (χ0n) is 19.2. The van der Waals surface area contributed by atoms with E-state index in [2.05, 4.69) is 6.92 Å². The van der Waals surface area contributed by atoms with Crippen molar-refractivity contribution >= 4 is 5.97 Å². The summed E-state index contributed by atoms with van der Waals surface area (Å²) in [6.07, 6.45) is 7.03. The van der Waals surface area contributed by atoms with Crippen LogP contribution in [-0.2, 0) is 9.47 Å². The first-order valence-corrected chi connectivity index (χ1v) is 12.1. The molecule has 1 saturated heterocycles. The molecular weight excluding hydrogens is 416 g/mol. The third-order valence-electron chi connectivity index (χ3n) is 6.82. The zero-order valence-corrected chi connectivity index (χ0v) is 19.2. The maximum atomic E-state index is 12.9. The number of aliphatic hydroxyl groups excluding tert-OH is 2. The minimum Gasteiger partial charge on any atom is -0.458 e. The number of esters is 1. The molecule has 0 spiro atoms. The third kappa shape index (κ3) is 5.91. The van der Waals surface area contributed by atoms with Crippen LogP contribution in [0.1, 0.15) is 55.8 Å². The number of ether oxygens (including phenoxy) is 2. The zero-order chi connectivity index (χ0) is 23.2. The Bertz CT molecular complexity index is 923. The van der Waals surface area contributed by atoms with Crippen molar-refractivity contribution in [3.05, 3.63) is 72.3 Å². The SMILES string of the molecule is CCCCCC(O)/C=C/C1C(OC(=O)c2ccc(-c3ccccc3)cc2)CC2OC(O)CC21. The second kappa shape index (κ2) is 11.1. The smallest absolute Gasteiger partial charge is 0.338 e. The van der Waals surface area contributed by atoms with Gasteiger partial charge in [-0.1, -0.05) is 80.8 Å². The monoisotopic (exact) mass is 450 g/mol. The molecule has 33 heavy (non-hydrogen) atoms. The molecule has 2 fully saturated rings. The van der Waals surface area contributed by atoms with E-state index in [0.717, 1.165) is 36.8 Å². The number of carbonyl (C=O) groups is 1. The lowest BCUT2D eigenvalue weighted by Gasteiger charge is -2.21. The predicted molar refractivity (Wildman–Crippen MR) is 127 cm³/mol. The van der Waals surface area contributed by atoms with Gasteiger partial charge in [-0.15, -0.1) is 0 Å². The molecule has 0 bridgehead atoms. The van der Waals surface area contributed by atoms with E-state index < -0.39 is 12.4 Å². The van der Waals surface area contributed by atoms with E-state index in [1.165, 1.54) is 0 Å².